The van der Waals surface area contributed by atoms with Crippen LogP contribution in [0.25, 0.3) is 11.1 Å². The molecule has 0 spiro atoms. The van der Waals surface area contributed by atoms with Crippen LogP contribution in [0.4, 0.5) is 0 Å². The first-order valence-electron chi connectivity index (χ1n) is 13.9. The van der Waals surface area contributed by atoms with Gasteiger partial charge in [0.1, 0.15) is 23.4 Å². The van der Waals surface area contributed by atoms with E-state index in [0.29, 0.717) is 29.2 Å². The van der Waals surface area contributed by atoms with Crippen LogP contribution in [0.5, 0.6) is 28.7 Å². The van der Waals surface area contributed by atoms with E-state index in [9.17, 15) is 15.3 Å². The first kappa shape index (κ1) is 25.5. The molecule has 8 heteroatoms. The van der Waals surface area contributed by atoms with E-state index in [0.717, 1.165) is 47.3 Å². The number of aliphatic hydroxyl groups excluding tert-OH is 1. The summed E-state index contributed by atoms with van der Waals surface area (Å²) in [6, 6.07) is 12.6. The van der Waals surface area contributed by atoms with Crippen molar-refractivity contribution < 1.29 is 29.5 Å². The number of ether oxygens (including phenoxy) is 3. The molecule has 0 bridgehead atoms. The Morgan fingerprint density at radius 2 is 1.88 bits per heavy atom. The number of aromatic hydroxyl groups is 2. The fraction of sp³-hybridized carbons (Fsp3) is 0.333. The van der Waals surface area contributed by atoms with Crippen LogP contribution in [0.3, 0.4) is 0 Å². The molecule has 3 aromatic carbocycles. The van der Waals surface area contributed by atoms with Gasteiger partial charge in [0, 0.05) is 42.1 Å². The van der Waals surface area contributed by atoms with Crippen molar-refractivity contribution in [3.05, 3.63) is 77.1 Å². The van der Waals surface area contributed by atoms with E-state index in [1.54, 1.807) is 31.4 Å². The molecule has 0 saturated carbocycles. The summed E-state index contributed by atoms with van der Waals surface area (Å²) in [4.78, 5) is 2.28. The number of phenols is 2. The second-order valence-corrected chi connectivity index (χ2v) is 11.1. The zero-order valence-electron chi connectivity index (χ0n) is 22.9. The Morgan fingerprint density at radius 3 is 2.66 bits per heavy atom. The van der Waals surface area contributed by atoms with Gasteiger partial charge >= 0.3 is 0 Å². The standard InChI is InChI=1S/C33H32N2O6/c1-39-26-15-18(6-9-25(26)37)33-32(38)24-5-3-4-21(35-11-10-34-17-35)13-20-12-19-14-22(36)7-8-23(19)30-27(40-2)16-28(41-33)31(24)29(20)30/h6-11,14-16,20-21,24,32-34,36-38H,4,12-13,17H2,1-2H3/t20-,21-,24-,32-,33-/m1/s1. The van der Waals surface area contributed by atoms with E-state index in [1.165, 1.54) is 7.11 Å². The van der Waals surface area contributed by atoms with Gasteiger partial charge in [-0.25, -0.2) is 0 Å². The number of hydrogen-bond acceptors (Lipinski definition) is 8. The highest BCUT2D eigenvalue weighted by Gasteiger charge is 2.44. The maximum atomic E-state index is 11.9. The van der Waals surface area contributed by atoms with E-state index in [1.807, 2.05) is 24.4 Å². The zero-order chi connectivity index (χ0) is 28.2. The van der Waals surface area contributed by atoms with Crippen LogP contribution in [-0.2, 0) is 6.42 Å². The Bertz CT molecular complexity index is 1620. The minimum Gasteiger partial charge on any atom is -0.508 e. The molecule has 0 radical (unpaired) electrons. The molecule has 5 atom stereocenters. The summed E-state index contributed by atoms with van der Waals surface area (Å²) >= 11 is 0. The SMILES string of the molecule is COc1cc([C@H]2Oc3cc(OC)c4c5c3[C@@H](C#CC[C@@H](N3C=CNC3)C[C@H]5Cc3cc(O)ccc3-4)[C@H]2O)ccc1O. The number of rotatable bonds is 4. The summed E-state index contributed by atoms with van der Waals surface area (Å²) in [6.45, 7) is 0.722. The summed E-state index contributed by atoms with van der Waals surface area (Å²) in [7, 11) is 3.15. The monoisotopic (exact) mass is 552 g/mol. The van der Waals surface area contributed by atoms with E-state index >= 15 is 0 Å². The Labute approximate surface area is 238 Å². The van der Waals surface area contributed by atoms with E-state index < -0.39 is 18.1 Å². The van der Waals surface area contributed by atoms with Crippen LogP contribution in [-0.4, -0.2) is 53.3 Å². The predicted octanol–water partition coefficient (Wildman–Crippen LogP) is 4.50. The van der Waals surface area contributed by atoms with Gasteiger partial charge in [-0.15, -0.1) is 5.92 Å². The Kier molecular flexibility index (Phi) is 6.13. The summed E-state index contributed by atoms with van der Waals surface area (Å²) in [5.41, 5.74) is 5.74. The Balaban J connectivity index is 1.45. The number of benzene rings is 3. The fourth-order valence-electron chi connectivity index (χ4n) is 6.92. The van der Waals surface area contributed by atoms with Gasteiger partial charge in [0.15, 0.2) is 17.6 Å². The van der Waals surface area contributed by atoms with Crippen molar-refractivity contribution in [3.8, 4) is 51.7 Å². The second-order valence-electron chi connectivity index (χ2n) is 11.1. The highest BCUT2D eigenvalue weighted by molar-refractivity contribution is 5.83. The average Bonchev–Trinajstić information content (AvgIpc) is 3.53. The minimum absolute atomic E-state index is 0.0176. The largest absolute Gasteiger partial charge is 0.508 e. The summed E-state index contributed by atoms with van der Waals surface area (Å²) in [5, 5.41) is 35.7. The lowest BCUT2D eigenvalue weighted by atomic mass is 9.70. The number of phenolic OH excluding ortho intramolecular Hbond substituents is 2. The lowest BCUT2D eigenvalue weighted by Crippen LogP contribution is -2.36. The van der Waals surface area contributed by atoms with Crippen LogP contribution < -0.4 is 19.5 Å². The molecule has 2 heterocycles. The topological polar surface area (TPSA) is 104 Å². The molecule has 8 nitrogen and oxygen atoms in total. The number of nitrogens with one attached hydrogen (secondary N) is 1. The molecule has 4 aliphatic rings. The van der Waals surface area contributed by atoms with Gasteiger partial charge in [0.05, 0.1) is 26.8 Å². The minimum atomic E-state index is -0.964. The Hall–Kier alpha value is -4.48. The van der Waals surface area contributed by atoms with Gasteiger partial charge in [-0.1, -0.05) is 18.1 Å². The molecule has 2 aliphatic carbocycles. The van der Waals surface area contributed by atoms with Crippen molar-refractivity contribution in [1.29, 1.82) is 0 Å². The molecule has 4 N–H and O–H groups in total. The van der Waals surface area contributed by atoms with Crippen molar-refractivity contribution >= 4 is 0 Å². The molecule has 41 heavy (non-hydrogen) atoms. The van der Waals surface area contributed by atoms with Crippen molar-refractivity contribution in [2.45, 2.75) is 49.3 Å². The van der Waals surface area contributed by atoms with Crippen LogP contribution in [0.2, 0.25) is 0 Å². The molecular formula is C33H32N2O6. The van der Waals surface area contributed by atoms with E-state index in [2.05, 4.69) is 28.3 Å². The van der Waals surface area contributed by atoms with Crippen molar-refractivity contribution in [3.63, 3.8) is 0 Å². The predicted molar refractivity (Wildman–Crippen MR) is 153 cm³/mol. The first-order valence-corrected chi connectivity index (χ1v) is 13.9. The average molecular weight is 553 g/mol. The molecule has 2 aliphatic heterocycles. The molecule has 3 aromatic rings. The third kappa shape index (κ3) is 4.11. The maximum absolute atomic E-state index is 11.9. The normalized spacial score (nSPS) is 25.2. The number of aliphatic hydroxyl groups is 1. The van der Waals surface area contributed by atoms with Crippen LogP contribution in [0, 0.1) is 11.8 Å². The highest BCUT2D eigenvalue weighted by atomic mass is 16.5. The summed E-state index contributed by atoms with van der Waals surface area (Å²) in [6.07, 6.45) is 4.56. The third-order valence-corrected chi connectivity index (χ3v) is 8.81. The van der Waals surface area contributed by atoms with Gasteiger partial charge in [-0.3, -0.25) is 0 Å². The Morgan fingerprint density at radius 1 is 1.02 bits per heavy atom. The molecule has 0 amide bonds. The number of fused-ring (bicyclic) bond motifs is 2. The summed E-state index contributed by atoms with van der Waals surface area (Å²) in [5.74, 6) is 8.34. The van der Waals surface area contributed by atoms with Gasteiger partial charge in [0.25, 0.3) is 0 Å². The first-order chi connectivity index (χ1) is 20.0. The quantitative estimate of drug-likeness (QED) is 0.351. The molecule has 0 unspecified atom stereocenters. The molecule has 210 valence electrons. The third-order valence-electron chi connectivity index (χ3n) is 8.81. The van der Waals surface area contributed by atoms with E-state index in [-0.39, 0.29) is 23.5 Å². The van der Waals surface area contributed by atoms with Crippen molar-refractivity contribution in [2.75, 3.05) is 20.9 Å². The van der Waals surface area contributed by atoms with Crippen molar-refractivity contribution in [2.24, 2.45) is 0 Å². The van der Waals surface area contributed by atoms with Gasteiger partial charge < -0.3 is 39.7 Å². The molecule has 0 aromatic heterocycles. The molecule has 7 rings (SSSR count). The fourth-order valence-corrected chi connectivity index (χ4v) is 6.92. The smallest absolute Gasteiger partial charge is 0.160 e. The molecule has 0 saturated heterocycles. The zero-order valence-corrected chi connectivity index (χ0v) is 22.9. The van der Waals surface area contributed by atoms with Crippen molar-refractivity contribution in [1.82, 2.24) is 10.2 Å². The number of nitrogens with zero attached hydrogens (tertiary/aromatic N) is 1. The maximum Gasteiger partial charge on any atom is 0.160 e. The van der Waals surface area contributed by atoms with Gasteiger partial charge in [0.2, 0.25) is 0 Å². The van der Waals surface area contributed by atoms with E-state index in [4.69, 9.17) is 14.2 Å². The van der Waals surface area contributed by atoms with Crippen LogP contribution >= 0.6 is 0 Å². The second kappa shape index (κ2) is 9.86. The molecular weight excluding hydrogens is 520 g/mol. The molecule has 0 fully saturated rings. The highest BCUT2D eigenvalue weighted by Crippen LogP contribution is 2.56. The van der Waals surface area contributed by atoms with Gasteiger partial charge in [-0.2, -0.15) is 0 Å². The number of hydrogen-bond donors (Lipinski definition) is 4. The lowest BCUT2D eigenvalue weighted by molar-refractivity contribution is 0.0113. The van der Waals surface area contributed by atoms with Crippen LogP contribution in [0.15, 0.2) is 54.9 Å². The summed E-state index contributed by atoms with van der Waals surface area (Å²) < 4.78 is 17.9. The van der Waals surface area contributed by atoms with Gasteiger partial charge in [-0.05, 0) is 65.3 Å². The number of methoxy groups -OCH3 is 2. The van der Waals surface area contributed by atoms with Crippen LogP contribution in [0.1, 0.15) is 53.0 Å². The lowest BCUT2D eigenvalue weighted by Gasteiger charge is -2.40.